The molecule has 0 saturated carbocycles. The quantitative estimate of drug-likeness (QED) is 0.651. The summed E-state index contributed by atoms with van der Waals surface area (Å²) in [6.45, 7) is 5.10. The first kappa shape index (κ1) is 20.0. The third kappa shape index (κ3) is 4.17. The third-order valence-corrected chi connectivity index (χ3v) is 5.59. The van der Waals surface area contributed by atoms with Gasteiger partial charge in [-0.15, -0.1) is 0 Å². The molecule has 2 N–H and O–H groups in total. The number of aromatic nitrogens is 4. The molecule has 1 saturated heterocycles. The Bertz CT molecular complexity index is 1040. The topological polar surface area (TPSA) is 86.8 Å². The fourth-order valence-corrected chi connectivity index (χ4v) is 3.83. The second-order valence-corrected chi connectivity index (χ2v) is 7.60. The van der Waals surface area contributed by atoms with Crippen molar-refractivity contribution >= 4 is 11.7 Å². The Morgan fingerprint density at radius 1 is 1.33 bits per heavy atom. The van der Waals surface area contributed by atoms with Gasteiger partial charge in [0.15, 0.2) is 0 Å². The van der Waals surface area contributed by atoms with Crippen LogP contribution in [-0.2, 0) is 6.42 Å². The highest BCUT2D eigenvalue weighted by molar-refractivity contribution is 5.91. The third-order valence-electron chi connectivity index (χ3n) is 5.59. The predicted molar refractivity (Wildman–Crippen MR) is 112 cm³/mol. The predicted octanol–water partition coefficient (Wildman–Crippen LogP) is 3.59. The first-order valence-electron chi connectivity index (χ1n) is 10.2. The van der Waals surface area contributed by atoms with Crippen LogP contribution in [0.2, 0.25) is 0 Å². The molecule has 0 radical (unpaired) electrons. The van der Waals surface area contributed by atoms with E-state index in [1.807, 2.05) is 26.1 Å². The number of carbonyl (C=O) groups is 1. The van der Waals surface area contributed by atoms with E-state index in [2.05, 4.69) is 25.5 Å². The lowest BCUT2D eigenvalue weighted by molar-refractivity contribution is 0.0722. The summed E-state index contributed by atoms with van der Waals surface area (Å²) in [6, 6.07) is 6.30. The number of hydrogen-bond donors (Lipinski definition) is 2. The van der Waals surface area contributed by atoms with Gasteiger partial charge in [0.25, 0.3) is 5.91 Å². The lowest BCUT2D eigenvalue weighted by atomic mass is 10.0. The molecule has 8 heteroatoms. The van der Waals surface area contributed by atoms with Crippen molar-refractivity contribution in [3.05, 3.63) is 70.7 Å². The van der Waals surface area contributed by atoms with Crippen LogP contribution in [0, 0.1) is 19.7 Å². The molecule has 7 nitrogen and oxygen atoms in total. The zero-order valence-corrected chi connectivity index (χ0v) is 17.2. The number of nitrogens with zero attached hydrogens (tertiary/aromatic N) is 4. The van der Waals surface area contributed by atoms with E-state index < -0.39 is 0 Å². The number of amides is 1. The average molecular weight is 408 g/mol. The summed E-state index contributed by atoms with van der Waals surface area (Å²) in [4.78, 5) is 24.0. The Labute approximate surface area is 174 Å². The first-order valence-corrected chi connectivity index (χ1v) is 10.2. The maximum atomic E-state index is 13.7. The van der Waals surface area contributed by atoms with Gasteiger partial charge in [-0.3, -0.25) is 9.89 Å². The Kier molecular flexibility index (Phi) is 5.74. The number of aromatic amines is 1. The number of likely N-dealkylation sites (tertiary alicyclic amines) is 1. The first-order chi connectivity index (χ1) is 14.5. The van der Waals surface area contributed by atoms with Gasteiger partial charge in [0.1, 0.15) is 11.6 Å². The van der Waals surface area contributed by atoms with Crippen molar-refractivity contribution in [1.29, 1.82) is 0 Å². The highest BCUT2D eigenvalue weighted by Crippen LogP contribution is 2.33. The molecular weight excluding hydrogens is 383 g/mol. The van der Waals surface area contributed by atoms with Crippen LogP contribution in [-0.4, -0.2) is 44.1 Å². The van der Waals surface area contributed by atoms with Gasteiger partial charge in [-0.05, 0) is 56.4 Å². The molecule has 3 aromatic rings. The van der Waals surface area contributed by atoms with Crippen LogP contribution in [0.4, 0.5) is 10.2 Å². The number of carbonyl (C=O) groups excluding carboxylic acids is 1. The summed E-state index contributed by atoms with van der Waals surface area (Å²) >= 11 is 0. The number of nitrogens with one attached hydrogen (secondary N) is 2. The fourth-order valence-electron chi connectivity index (χ4n) is 3.83. The molecule has 156 valence electrons. The molecule has 1 aromatic carbocycles. The van der Waals surface area contributed by atoms with Gasteiger partial charge in [-0.2, -0.15) is 5.10 Å². The molecule has 0 aliphatic carbocycles. The van der Waals surface area contributed by atoms with Gasteiger partial charge in [-0.1, -0.05) is 12.1 Å². The van der Waals surface area contributed by atoms with Gasteiger partial charge in [-0.25, -0.2) is 14.4 Å². The molecule has 1 aliphatic heterocycles. The summed E-state index contributed by atoms with van der Waals surface area (Å²) in [5, 5.41) is 10.1. The van der Waals surface area contributed by atoms with Gasteiger partial charge >= 0.3 is 0 Å². The average Bonchev–Trinajstić information content (AvgIpc) is 3.42. The van der Waals surface area contributed by atoms with E-state index in [4.69, 9.17) is 0 Å². The molecule has 3 heterocycles. The summed E-state index contributed by atoms with van der Waals surface area (Å²) in [5.41, 5.74) is 3.59. The lowest BCUT2D eigenvalue weighted by Crippen LogP contribution is -2.32. The van der Waals surface area contributed by atoms with E-state index in [0.29, 0.717) is 18.9 Å². The lowest BCUT2D eigenvalue weighted by Gasteiger charge is -2.25. The smallest absolute Gasteiger partial charge is 0.292 e. The molecule has 0 bridgehead atoms. The van der Waals surface area contributed by atoms with Crippen molar-refractivity contribution in [2.45, 2.75) is 39.2 Å². The number of anilines is 1. The van der Waals surface area contributed by atoms with E-state index in [1.54, 1.807) is 17.2 Å². The fraction of sp³-hybridized carbons (Fsp3) is 0.364. The Morgan fingerprint density at radius 2 is 2.20 bits per heavy atom. The Morgan fingerprint density at radius 3 is 2.97 bits per heavy atom. The standard InChI is InChI=1S/C22H25FN6O/c1-14-15(2)27-21(28-20(14)24-9-8-16-12-25-26-13-16)22(30)29-10-4-7-19(29)17-5-3-6-18(23)11-17/h3,5-6,11-13,19H,4,7-10H2,1-2H3,(H,25,26)(H,24,27,28). The van der Waals surface area contributed by atoms with Crippen LogP contribution >= 0.6 is 0 Å². The highest BCUT2D eigenvalue weighted by atomic mass is 19.1. The van der Waals surface area contributed by atoms with E-state index in [1.165, 1.54) is 12.1 Å². The minimum Gasteiger partial charge on any atom is -0.369 e. The second kappa shape index (κ2) is 8.61. The Balaban J connectivity index is 1.53. The maximum Gasteiger partial charge on any atom is 0.292 e. The van der Waals surface area contributed by atoms with Gasteiger partial charge in [0.05, 0.1) is 12.2 Å². The van der Waals surface area contributed by atoms with Crippen LogP contribution in [0.15, 0.2) is 36.7 Å². The van der Waals surface area contributed by atoms with Crippen molar-refractivity contribution < 1.29 is 9.18 Å². The molecule has 1 aliphatic rings. The summed E-state index contributed by atoms with van der Waals surface area (Å²) in [6.07, 6.45) is 6.10. The molecule has 1 fully saturated rings. The molecule has 1 unspecified atom stereocenters. The summed E-state index contributed by atoms with van der Waals surface area (Å²) < 4.78 is 13.7. The second-order valence-electron chi connectivity index (χ2n) is 7.60. The van der Waals surface area contributed by atoms with Crippen molar-refractivity contribution in [2.75, 3.05) is 18.4 Å². The molecule has 30 heavy (non-hydrogen) atoms. The number of rotatable bonds is 6. The van der Waals surface area contributed by atoms with Crippen molar-refractivity contribution in [2.24, 2.45) is 0 Å². The van der Waals surface area contributed by atoms with E-state index in [0.717, 1.165) is 41.6 Å². The number of benzene rings is 1. The van der Waals surface area contributed by atoms with Gasteiger partial charge in [0, 0.05) is 30.5 Å². The zero-order valence-electron chi connectivity index (χ0n) is 17.2. The number of aryl methyl sites for hydroxylation is 1. The van der Waals surface area contributed by atoms with Crippen LogP contribution in [0.1, 0.15) is 51.9 Å². The highest BCUT2D eigenvalue weighted by Gasteiger charge is 2.32. The monoisotopic (exact) mass is 408 g/mol. The normalized spacial score (nSPS) is 16.1. The van der Waals surface area contributed by atoms with Crippen LogP contribution < -0.4 is 5.32 Å². The summed E-state index contributed by atoms with van der Waals surface area (Å²) in [5.74, 6) is 0.323. The number of H-pyrrole nitrogens is 1. The molecule has 0 spiro atoms. The maximum absolute atomic E-state index is 13.7. The molecule has 1 atom stereocenters. The number of halogens is 1. The number of hydrogen-bond acceptors (Lipinski definition) is 5. The van der Waals surface area contributed by atoms with Crippen molar-refractivity contribution in [1.82, 2.24) is 25.1 Å². The van der Waals surface area contributed by atoms with Crippen LogP contribution in [0.3, 0.4) is 0 Å². The zero-order chi connectivity index (χ0) is 21.1. The van der Waals surface area contributed by atoms with Crippen molar-refractivity contribution in [3.8, 4) is 0 Å². The van der Waals surface area contributed by atoms with Crippen LogP contribution in [0.25, 0.3) is 0 Å². The minimum absolute atomic E-state index is 0.157. The molecule has 2 aromatic heterocycles. The Hall–Kier alpha value is -3.29. The SMILES string of the molecule is Cc1nc(C(=O)N2CCCC2c2cccc(F)c2)nc(NCCc2cn[nH]c2)c1C. The van der Waals surface area contributed by atoms with E-state index >= 15 is 0 Å². The van der Waals surface area contributed by atoms with Gasteiger partial charge < -0.3 is 10.2 Å². The largest absolute Gasteiger partial charge is 0.369 e. The van der Waals surface area contributed by atoms with Crippen molar-refractivity contribution in [3.63, 3.8) is 0 Å². The molecular formula is C22H25FN6O. The van der Waals surface area contributed by atoms with Crippen LogP contribution in [0.5, 0.6) is 0 Å². The summed E-state index contributed by atoms with van der Waals surface area (Å²) in [7, 11) is 0. The van der Waals surface area contributed by atoms with E-state index in [-0.39, 0.29) is 23.6 Å². The molecule has 4 rings (SSSR count). The molecule has 1 amide bonds. The van der Waals surface area contributed by atoms with E-state index in [9.17, 15) is 9.18 Å². The van der Waals surface area contributed by atoms with Gasteiger partial charge in [0.2, 0.25) is 5.82 Å². The minimum atomic E-state index is -0.293.